The van der Waals surface area contributed by atoms with E-state index in [1.54, 1.807) is 0 Å². The molecule has 0 spiro atoms. The van der Waals surface area contributed by atoms with Crippen LogP contribution in [-0.4, -0.2) is 36.5 Å². The molecule has 4 nitrogen and oxygen atoms in total. The first-order valence-electron chi connectivity index (χ1n) is 11.5. The van der Waals surface area contributed by atoms with E-state index in [4.69, 9.17) is 4.74 Å². The number of hydrogen-bond donors (Lipinski definition) is 1. The van der Waals surface area contributed by atoms with Crippen LogP contribution in [0.25, 0.3) is 0 Å². The van der Waals surface area contributed by atoms with E-state index in [1.165, 1.54) is 48.8 Å². The second-order valence-corrected chi connectivity index (χ2v) is 9.37. The molecule has 0 aliphatic heterocycles. The van der Waals surface area contributed by atoms with E-state index in [0.29, 0.717) is 6.04 Å². The van der Waals surface area contributed by atoms with Crippen molar-refractivity contribution in [2.75, 3.05) is 13.7 Å². The lowest BCUT2D eigenvalue weighted by atomic mass is 9.93. The third kappa shape index (κ3) is 4.39. The Morgan fingerprint density at radius 1 is 1.03 bits per heavy atom. The minimum absolute atomic E-state index is 0.0911. The fourth-order valence-electron chi connectivity index (χ4n) is 4.47. The summed E-state index contributed by atoms with van der Waals surface area (Å²) < 4.78 is 5.79. The molecule has 0 aromatic heterocycles. The van der Waals surface area contributed by atoms with Crippen LogP contribution in [0.15, 0.2) is 42.5 Å². The molecule has 0 unspecified atom stereocenters. The molecule has 0 heterocycles. The number of fused-ring (bicyclic) bond motifs is 1. The molecular formula is C26H32N2O2. The van der Waals surface area contributed by atoms with Gasteiger partial charge in [0.1, 0.15) is 5.75 Å². The molecule has 2 aromatic carbocycles. The third-order valence-corrected chi connectivity index (χ3v) is 7.03. The van der Waals surface area contributed by atoms with Crippen LogP contribution in [0.4, 0.5) is 0 Å². The van der Waals surface area contributed by atoms with E-state index >= 15 is 0 Å². The Bertz CT molecular complexity index is 900. The number of carbonyl (C=O) groups is 1. The van der Waals surface area contributed by atoms with Gasteiger partial charge in [-0.2, -0.15) is 0 Å². The second-order valence-electron chi connectivity index (χ2n) is 9.37. The molecule has 3 aliphatic carbocycles. The van der Waals surface area contributed by atoms with Gasteiger partial charge in [0.15, 0.2) is 0 Å². The van der Waals surface area contributed by atoms with E-state index in [9.17, 15) is 4.79 Å². The Hall–Kier alpha value is -2.33. The molecule has 2 fully saturated rings. The molecule has 30 heavy (non-hydrogen) atoms. The van der Waals surface area contributed by atoms with Gasteiger partial charge in [-0.1, -0.05) is 24.6 Å². The molecular weight excluding hydrogens is 372 g/mol. The Labute approximate surface area is 179 Å². The predicted octanol–water partition coefficient (Wildman–Crippen LogP) is 4.36. The maximum Gasteiger partial charge on any atom is 0.253 e. The molecule has 3 aliphatic rings. The monoisotopic (exact) mass is 404 g/mol. The third-order valence-electron chi connectivity index (χ3n) is 7.03. The van der Waals surface area contributed by atoms with Crippen LogP contribution in [0.1, 0.15) is 59.2 Å². The summed E-state index contributed by atoms with van der Waals surface area (Å²) in [6, 6.07) is 15.4. The van der Waals surface area contributed by atoms with E-state index in [0.717, 1.165) is 43.2 Å². The molecule has 0 bridgehead atoms. The number of nitrogens with one attached hydrogen (secondary N) is 1. The summed E-state index contributed by atoms with van der Waals surface area (Å²) in [5, 5.41) is 3.65. The molecule has 1 N–H and O–H groups in total. The number of rotatable bonds is 8. The fraction of sp³-hybridized carbons (Fsp3) is 0.500. The Morgan fingerprint density at radius 2 is 1.80 bits per heavy atom. The highest BCUT2D eigenvalue weighted by Crippen LogP contribution is 2.30. The lowest BCUT2D eigenvalue weighted by Crippen LogP contribution is -2.37. The first-order chi connectivity index (χ1) is 14.7. The zero-order valence-corrected chi connectivity index (χ0v) is 17.9. The van der Waals surface area contributed by atoms with Crippen LogP contribution < -0.4 is 10.1 Å². The molecule has 1 atom stereocenters. The van der Waals surface area contributed by atoms with Crippen molar-refractivity contribution in [3.63, 3.8) is 0 Å². The van der Waals surface area contributed by atoms with Crippen molar-refractivity contribution in [3.05, 3.63) is 64.7 Å². The first-order valence-corrected chi connectivity index (χ1v) is 11.5. The van der Waals surface area contributed by atoms with E-state index in [-0.39, 0.29) is 11.9 Å². The maximum atomic E-state index is 13.0. The number of likely N-dealkylation sites (N-methyl/N-ethyl adjacent to an activating group) is 1. The Balaban J connectivity index is 1.17. The van der Waals surface area contributed by atoms with Gasteiger partial charge in [0.05, 0.1) is 6.61 Å². The summed E-state index contributed by atoms with van der Waals surface area (Å²) in [6.45, 7) is 1.75. The number of benzene rings is 2. The van der Waals surface area contributed by atoms with Crippen LogP contribution in [-0.2, 0) is 19.4 Å². The quantitative estimate of drug-likeness (QED) is 0.711. The van der Waals surface area contributed by atoms with E-state index < -0.39 is 0 Å². The first kappa shape index (κ1) is 19.6. The Morgan fingerprint density at radius 3 is 2.50 bits per heavy atom. The van der Waals surface area contributed by atoms with Crippen molar-refractivity contribution in [3.8, 4) is 5.75 Å². The average molecular weight is 405 g/mol. The van der Waals surface area contributed by atoms with Crippen LogP contribution >= 0.6 is 0 Å². The van der Waals surface area contributed by atoms with Crippen LogP contribution in [0.5, 0.6) is 5.75 Å². The van der Waals surface area contributed by atoms with Crippen molar-refractivity contribution in [1.29, 1.82) is 0 Å². The summed E-state index contributed by atoms with van der Waals surface area (Å²) in [5.41, 5.74) is 4.88. The van der Waals surface area contributed by atoms with Crippen LogP contribution in [0.2, 0.25) is 0 Å². The van der Waals surface area contributed by atoms with Gasteiger partial charge in [0.25, 0.3) is 5.91 Å². The molecule has 2 aromatic rings. The van der Waals surface area contributed by atoms with Crippen LogP contribution in [0.3, 0.4) is 0 Å². The smallest absolute Gasteiger partial charge is 0.253 e. The second kappa shape index (κ2) is 8.43. The highest BCUT2D eigenvalue weighted by atomic mass is 16.5. The highest BCUT2D eigenvalue weighted by Gasteiger charge is 2.28. The summed E-state index contributed by atoms with van der Waals surface area (Å²) in [6.07, 6.45) is 8.43. The van der Waals surface area contributed by atoms with Gasteiger partial charge in [0.2, 0.25) is 0 Å². The zero-order valence-electron chi connectivity index (χ0n) is 17.9. The molecule has 5 rings (SSSR count). The van der Waals surface area contributed by atoms with Gasteiger partial charge in [-0.15, -0.1) is 0 Å². The lowest BCUT2D eigenvalue weighted by Gasteiger charge is -2.26. The molecule has 0 radical (unpaired) electrons. The maximum absolute atomic E-state index is 13.0. The van der Waals surface area contributed by atoms with Gasteiger partial charge in [-0.25, -0.2) is 0 Å². The lowest BCUT2D eigenvalue weighted by molar-refractivity contribution is 0.0737. The molecule has 2 saturated carbocycles. The number of hydrogen-bond acceptors (Lipinski definition) is 3. The van der Waals surface area contributed by atoms with Crippen molar-refractivity contribution >= 4 is 5.91 Å². The minimum Gasteiger partial charge on any atom is -0.493 e. The molecule has 158 valence electrons. The Kier molecular flexibility index (Phi) is 5.51. The van der Waals surface area contributed by atoms with E-state index in [1.807, 2.05) is 36.2 Å². The predicted molar refractivity (Wildman–Crippen MR) is 119 cm³/mol. The molecule has 4 heteroatoms. The van der Waals surface area contributed by atoms with Gasteiger partial charge >= 0.3 is 0 Å². The van der Waals surface area contributed by atoms with Gasteiger partial charge in [0, 0.05) is 31.2 Å². The van der Waals surface area contributed by atoms with Crippen molar-refractivity contribution in [2.24, 2.45) is 5.92 Å². The highest BCUT2D eigenvalue weighted by molar-refractivity contribution is 5.94. The summed E-state index contributed by atoms with van der Waals surface area (Å²) in [7, 11) is 1.94. The number of carbonyl (C=O) groups excluding carboxylic acids is 1. The van der Waals surface area contributed by atoms with Crippen molar-refractivity contribution in [2.45, 2.75) is 63.6 Å². The van der Waals surface area contributed by atoms with Gasteiger partial charge in [-0.05, 0) is 85.4 Å². The molecule has 1 amide bonds. The van der Waals surface area contributed by atoms with Crippen molar-refractivity contribution < 1.29 is 9.53 Å². The number of nitrogens with zero attached hydrogens (tertiary/aromatic N) is 1. The summed E-state index contributed by atoms with van der Waals surface area (Å²) in [5.74, 6) is 1.68. The van der Waals surface area contributed by atoms with Crippen molar-refractivity contribution in [1.82, 2.24) is 10.2 Å². The topological polar surface area (TPSA) is 41.6 Å². The number of ether oxygens (including phenoxy) is 1. The average Bonchev–Trinajstić information content (AvgIpc) is 3.47. The minimum atomic E-state index is 0.0911. The SMILES string of the molecule is CN(C(=O)c1ccc(OCC2CC2)cc1)[C@@H]1Cc2ccc(CNC3CCC3)cc2C1. The summed E-state index contributed by atoms with van der Waals surface area (Å²) in [4.78, 5) is 15.0. The standard InChI is InChI=1S/C26H32N2O2/c1-28(26(29)20-9-11-25(12-10-20)30-17-18-5-6-18)24-14-21-8-7-19(13-22(21)15-24)16-27-23-3-2-4-23/h7-13,18,23-24,27H,2-6,14-17H2,1H3/t24-/m1/s1. The van der Waals surface area contributed by atoms with Crippen LogP contribution in [0, 0.1) is 5.92 Å². The van der Waals surface area contributed by atoms with Gasteiger partial charge < -0.3 is 15.0 Å². The fourth-order valence-corrected chi connectivity index (χ4v) is 4.47. The van der Waals surface area contributed by atoms with E-state index in [2.05, 4.69) is 23.5 Å². The largest absolute Gasteiger partial charge is 0.493 e. The molecule has 0 saturated heterocycles. The normalized spacial score (nSPS) is 20.5. The van der Waals surface area contributed by atoms with Gasteiger partial charge in [-0.3, -0.25) is 4.79 Å². The number of amides is 1. The summed E-state index contributed by atoms with van der Waals surface area (Å²) >= 11 is 0. The zero-order chi connectivity index (χ0) is 20.5.